The predicted octanol–water partition coefficient (Wildman–Crippen LogP) is 5.42. The Kier molecular flexibility index (Phi) is 10.6. The van der Waals surface area contributed by atoms with Crippen molar-refractivity contribution in [2.45, 2.75) is 91.1 Å². The summed E-state index contributed by atoms with van der Waals surface area (Å²) in [4.78, 5) is 11.6. The molecule has 19 heavy (non-hydrogen) atoms. The third kappa shape index (κ3) is 8.85. The van der Waals surface area contributed by atoms with Crippen LogP contribution in [0, 0.1) is 0 Å². The van der Waals surface area contributed by atoms with E-state index in [1.807, 2.05) is 0 Å². The van der Waals surface area contributed by atoms with Crippen molar-refractivity contribution in [2.75, 3.05) is 0 Å². The molecule has 1 rings (SSSR count). The van der Waals surface area contributed by atoms with Gasteiger partial charge in [0.2, 0.25) is 0 Å². The van der Waals surface area contributed by atoms with E-state index in [0.29, 0.717) is 5.57 Å². The van der Waals surface area contributed by atoms with Gasteiger partial charge in [0, 0.05) is 5.57 Å². The molecule has 0 aromatic carbocycles. The Morgan fingerprint density at radius 1 is 0.895 bits per heavy atom. The molecule has 0 spiro atoms. The third-order valence-corrected chi connectivity index (χ3v) is 3.67. The molecule has 0 heterocycles. The molecule has 1 aliphatic rings. The fraction of sp³-hybridized carbons (Fsp3) is 0.824. The Balaban J connectivity index is 0.00000324. The number of hydrogen-bond donors (Lipinski definition) is 0. The molecule has 0 unspecified atom stereocenters. The van der Waals surface area contributed by atoms with Crippen LogP contribution in [0.15, 0.2) is 12.2 Å². The first kappa shape index (κ1) is 18.2. The van der Waals surface area contributed by atoms with Crippen LogP contribution >= 0.6 is 0 Å². The molecule has 2 heteroatoms. The van der Waals surface area contributed by atoms with E-state index in [1.54, 1.807) is 6.92 Å². The van der Waals surface area contributed by atoms with Gasteiger partial charge in [-0.25, -0.2) is 4.79 Å². The van der Waals surface area contributed by atoms with Crippen molar-refractivity contribution in [2.24, 2.45) is 0 Å². The second-order valence-electron chi connectivity index (χ2n) is 5.57. The van der Waals surface area contributed by atoms with Crippen molar-refractivity contribution in [1.82, 2.24) is 0 Å². The normalized spacial score (nSPS) is 19.4. The summed E-state index contributed by atoms with van der Waals surface area (Å²) in [5, 5.41) is 0. The average molecular weight is 268 g/mol. The van der Waals surface area contributed by atoms with Gasteiger partial charge in [-0.15, -0.1) is 0 Å². The zero-order valence-corrected chi connectivity index (χ0v) is 11.9. The second kappa shape index (κ2) is 11.1. The van der Waals surface area contributed by atoms with E-state index in [0.717, 1.165) is 12.8 Å². The molecular weight excluding hydrogens is 236 g/mol. The van der Waals surface area contributed by atoms with Crippen LogP contribution in [0.5, 0.6) is 0 Å². The summed E-state index contributed by atoms with van der Waals surface area (Å²) in [5.41, 5.74) is 0.515. The lowest BCUT2D eigenvalue weighted by Gasteiger charge is -2.18. The average Bonchev–Trinajstić information content (AvgIpc) is 2.32. The van der Waals surface area contributed by atoms with Crippen LogP contribution < -0.4 is 0 Å². The molecular formula is C17H32O2. The lowest BCUT2D eigenvalue weighted by molar-refractivity contribution is -0.145. The van der Waals surface area contributed by atoms with Gasteiger partial charge < -0.3 is 4.74 Å². The van der Waals surface area contributed by atoms with Crippen molar-refractivity contribution in [3.63, 3.8) is 0 Å². The largest absolute Gasteiger partial charge is 0.459 e. The fourth-order valence-corrected chi connectivity index (χ4v) is 2.50. The molecule has 112 valence electrons. The highest BCUT2D eigenvalue weighted by atomic mass is 16.5. The predicted molar refractivity (Wildman–Crippen MR) is 82.2 cm³/mol. The van der Waals surface area contributed by atoms with Gasteiger partial charge in [0.1, 0.15) is 6.10 Å². The van der Waals surface area contributed by atoms with Crippen LogP contribution in [0.1, 0.15) is 85.0 Å². The van der Waals surface area contributed by atoms with Crippen molar-refractivity contribution in [3.8, 4) is 0 Å². The molecule has 0 saturated heterocycles. The maximum absolute atomic E-state index is 11.6. The Bertz CT molecular complexity index is 246. The lowest BCUT2D eigenvalue weighted by atomic mass is 9.99. The topological polar surface area (TPSA) is 26.3 Å². The Labute approximate surface area is 119 Å². The highest BCUT2D eigenvalue weighted by Crippen LogP contribution is 2.19. The zero-order valence-electron chi connectivity index (χ0n) is 11.9. The molecule has 0 aromatic heterocycles. The van der Waals surface area contributed by atoms with Crippen LogP contribution in [0.3, 0.4) is 0 Å². The van der Waals surface area contributed by atoms with Crippen molar-refractivity contribution >= 4 is 5.97 Å². The Morgan fingerprint density at radius 2 is 1.26 bits per heavy atom. The number of rotatable bonds is 2. The van der Waals surface area contributed by atoms with Gasteiger partial charge in [-0.3, -0.25) is 0 Å². The Hall–Kier alpha value is -0.790. The molecule has 1 fully saturated rings. The maximum Gasteiger partial charge on any atom is 0.333 e. The maximum atomic E-state index is 11.6. The minimum Gasteiger partial charge on any atom is -0.459 e. The monoisotopic (exact) mass is 268 g/mol. The lowest BCUT2D eigenvalue weighted by Crippen LogP contribution is -2.18. The van der Waals surface area contributed by atoms with E-state index < -0.39 is 0 Å². The van der Waals surface area contributed by atoms with Gasteiger partial charge in [-0.2, -0.15) is 0 Å². The van der Waals surface area contributed by atoms with E-state index in [2.05, 4.69) is 6.58 Å². The smallest absolute Gasteiger partial charge is 0.333 e. The summed E-state index contributed by atoms with van der Waals surface area (Å²) in [6.45, 7) is 5.37. The summed E-state index contributed by atoms with van der Waals surface area (Å²) in [5.74, 6) is -0.216. The van der Waals surface area contributed by atoms with E-state index in [4.69, 9.17) is 4.74 Å². The highest BCUT2D eigenvalue weighted by molar-refractivity contribution is 5.87. The van der Waals surface area contributed by atoms with Gasteiger partial charge in [0.05, 0.1) is 0 Å². The van der Waals surface area contributed by atoms with Gasteiger partial charge in [-0.05, 0) is 32.6 Å². The molecule has 1 aliphatic carbocycles. The number of carbonyl (C=O) groups excluding carboxylic acids is 1. The first-order valence-corrected chi connectivity index (χ1v) is 7.56. The van der Waals surface area contributed by atoms with Gasteiger partial charge in [-0.1, -0.05) is 59.0 Å². The van der Waals surface area contributed by atoms with Gasteiger partial charge in [0.15, 0.2) is 0 Å². The quantitative estimate of drug-likeness (QED) is 0.494. The molecule has 0 N–H and O–H groups in total. The summed E-state index contributed by atoms with van der Waals surface area (Å²) < 4.78 is 5.52. The summed E-state index contributed by atoms with van der Waals surface area (Å²) in [6, 6.07) is 0. The molecule has 2 nitrogen and oxygen atoms in total. The molecule has 1 saturated carbocycles. The number of esters is 1. The van der Waals surface area contributed by atoms with Crippen LogP contribution in [0.4, 0.5) is 0 Å². The minimum absolute atomic E-state index is 0. The molecule has 0 amide bonds. The molecule has 0 radical (unpaired) electrons. The third-order valence-electron chi connectivity index (χ3n) is 3.67. The van der Waals surface area contributed by atoms with E-state index in [1.165, 1.54) is 57.8 Å². The fourth-order valence-electron chi connectivity index (χ4n) is 2.50. The SMILES string of the molecule is C.C=C(C)C(=O)OC1CCCCCCCCCCC1. The standard InChI is InChI=1S/C16H28O2.CH4/c1-14(2)16(17)18-15-12-10-8-6-4-3-5-7-9-11-13-15;/h15H,1,3-13H2,2H3;1H4. The van der Waals surface area contributed by atoms with Gasteiger partial charge in [0.25, 0.3) is 0 Å². The zero-order chi connectivity index (χ0) is 13.2. The highest BCUT2D eigenvalue weighted by Gasteiger charge is 2.14. The molecule has 0 aromatic rings. The molecule has 0 atom stereocenters. The second-order valence-corrected chi connectivity index (χ2v) is 5.57. The molecule has 0 aliphatic heterocycles. The first-order valence-electron chi connectivity index (χ1n) is 7.56. The summed E-state index contributed by atoms with van der Waals surface area (Å²) >= 11 is 0. The summed E-state index contributed by atoms with van der Waals surface area (Å²) in [6.07, 6.45) is 13.9. The van der Waals surface area contributed by atoms with Crippen molar-refractivity contribution < 1.29 is 9.53 Å². The van der Waals surface area contributed by atoms with Crippen LogP contribution in [0.2, 0.25) is 0 Å². The first-order chi connectivity index (χ1) is 8.70. The number of ether oxygens (including phenoxy) is 1. The van der Waals surface area contributed by atoms with Crippen LogP contribution in [-0.4, -0.2) is 12.1 Å². The van der Waals surface area contributed by atoms with Crippen LogP contribution in [-0.2, 0) is 9.53 Å². The van der Waals surface area contributed by atoms with Crippen molar-refractivity contribution in [1.29, 1.82) is 0 Å². The van der Waals surface area contributed by atoms with Crippen molar-refractivity contribution in [3.05, 3.63) is 12.2 Å². The minimum atomic E-state index is -0.216. The molecule has 0 bridgehead atoms. The van der Waals surface area contributed by atoms with Crippen LogP contribution in [0.25, 0.3) is 0 Å². The Morgan fingerprint density at radius 3 is 1.63 bits per heavy atom. The number of carbonyl (C=O) groups is 1. The number of hydrogen-bond acceptors (Lipinski definition) is 2. The van der Waals surface area contributed by atoms with E-state index >= 15 is 0 Å². The van der Waals surface area contributed by atoms with E-state index in [9.17, 15) is 4.79 Å². The van der Waals surface area contributed by atoms with E-state index in [-0.39, 0.29) is 19.5 Å². The summed E-state index contributed by atoms with van der Waals surface area (Å²) in [7, 11) is 0. The van der Waals surface area contributed by atoms with Gasteiger partial charge >= 0.3 is 5.97 Å².